The fraction of sp³-hybridized carbons (Fsp3) is 0.139. The van der Waals surface area contributed by atoms with Crippen LogP contribution in [0.15, 0.2) is 115 Å². The largest absolute Gasteiger partial charge is 0.298 e. The van der Waals surface area contributed by atoms with Crippen molar-refractivity contribution in [1.82, 2.24) is 9.55 Å². The van der Waals surface area contributed by atoms with Gasteiger partial charge in [0.25, 0.3) is 0 Å². The average molecular weight is 531 g/mol. The Balaban J connectivity index is 1.59. The van der Waals surface area contributed by atoms with Crippen molar-refractivity contribution in [2.75, 3.05) is 0 Å². The Bertz CT molecular complexity index is 1910. The first-order valence-corrected chi connectivity index (χ1v) is 16.3. The minimum absolute atomic E-state index is 0.0307. The van der Waals surface area contributed by atoms with Crippen LogP contribution in [0.5, 0.6) is 0 Å². The summed E-state index contributed by atoms with van der Waals surface area (Å²) in [6.07, 6.45) is 0. The van der Waals surface area contributed by atoms with E-state index in [0.29, 0.717) is 0 Å². The van der Waals surface area contributed by atoms with Gasteiger partial charge < -0.3 is 0 Å². The van der Waals surface area contributed by atoms with Gasteiger partial charge in [0.15, 0.2) is 8.07 Å². The molecule has 2 aliphatic rings. The summed E-state index contributed by atoms with van der Waals surface area (Å²) >= 11 is 0. The van der Waals surface area contributed by atoms with E-state index >= 15 is 0 Å². The van der Waals surface area contributed by atoms with E-state index in [1.807, 2.05) is 0 Å². The third kappa shape index (κ3) is 2.97. The molecule has 0 fully saturated rings. The van der Waals surface area contributed by atoms with Crippen molar-refractivity contribution in [3.8, 4) is 5.69 Å². The molecule has 6 aromatic rings. The molecule has 0 N–H and O–H groups in total. The normalized spacial score (nSPS) is 14.7. The van der Waals surface area contributed by atoms with Gasteiger partial charge in [-0.3, -0.25) is 4.57 Å². The summed E-state index contributed by atoms with van der Waals surface area (Å²) in [5, 5.41) is 5.87. The molecule has 0 radical (unpaired) electrons. The van der Waals surface area contributed by atoms with Crippen molar-refractivity contribution in [2.45, 2.75) is 33.1 Å². The summed E-state index contributed by atoms with van der Waals surface area (Å²) in [6.45, 7) is 9.26. The van der Waals surface area contributed by atoms with E-state index in [-0.39, 0.29) is 12.1 Å². The monoisotopic (exact) mass is 530 g/mol. The standard InChI is InChI=1S/C36H31BN2Si/c1-24-38-30-23-25(36(2,3)4)22-29-35(30)39(24)31-19-13-21-33-34(31)37(29)28-18-11-12-20-32(28)40(33,26-14-7-5-8-15-26)27-16-9-6-10-17-27/h5-23H,1-4H3. The highest BCUT2D eigenvalue weighted by atomic mass is 28.3. The second-order valence-electron chi connectivity index (χ2n) is 12.4. The van der Waals surface area contributed by atoms with Crippen molar-refractivity contribution in [2.24, 2.45) is 0 Å². The molecule has 3 heterocycles. The maximum atomic E-state index is 5.16. The number of hydrogen-bond donors (Lipinski definition) is 0. The van der Waals surface area contributed by atoms with Gasteiger partial charge in [0, 0.05) is 5.69 Å². The number of fused-ring (bicyclic) bond motifs is 4. The Morgan fingerprint density at radius 1 is 0.675 bits per heavy atom. The first-order chi connectivity index (χ1) is 19.4. The van der Waals surface area contributed by atoms with Crippen molar-refractivity contribution in [3.63, 3.8) is 0 Å². The summed E-state index contributed by atoms with van der Waals surface area (Å²) in [4.78, 5) is 5.16. The second kappa shape index (κ2) is 8.19. The second-order valence-corrected chi connectivity index (χ2v) is 16.2. The Morgan fingerprint density at radius 2 is 1.30 bits per heavy atom. The van der Waals surface area contributed by atoms with Gasteiger partial charge in [-0.15, -0.1) is 0 Å². The molecule has 0 aliphatic carbocycles. The Labute approximate surface area is 237 Å². The van der Waals surface area contributed by atoms with Gasteiger partial charge in [-0.2, -0.15) is 0 Å². The smallest absolute Gasteiger partial charge is 0.246 e. The van der Waals surface area contributed by atoms with E-state index < -0.39 is 8.07 Å². The lowest BCUT2D eigenvalue weighted by Crippen LogP contribution is -2.87. The maximum Gasteiger partial charge on any atom is 0.246 e. The molecular formula is C36H31BN2Si. The first kappa shape index (κ1) is 23.7. The van der Waals surface area contributed by atoms with Crippen LogP contribution >= 0.6 is 0 Å². The summed E-state index contributed by atoms with van der Waals surface area (Å²) in [5.74, 6) is 1.06. The molecule has 1 aromatic heterocycles. The van der Waals surface area contributed by atoms with Gasteiger partial charge in [-0.25, -0.2) is 4.98 Å². The number of aromatic nitrogens is 2. The predicted molar refractivity (Wildman–Crippen MR) is 173 cm³/mol. The zero-order valence-corrected chi connectivity index (χ0v) is 24.4. The van der Waals surface area contributed by atoms with Crippen LogP contribution in [0.2, 0.25) is 0 Å². The summed E-state index contributed by atoms with van der Waals surface area (Å²) < 4.78 is 2.44. The highest BCUT2D eigenvalue weighted by Gasteiger charge is 2.52. The van der Waals surface area contributed by atoms with Crippen LogP contribution in [0.4, 0.5) is 0 Å². The molecule has 8 rings (SSSR count). The molecule has 0 unspecified atom stereocenters. The number of imidazole rings is 1. The van der Waals surface area contributed by atoms with Crippen molar-refractivity contribution in [1.29, 1.82) is 0 Å². The Kier molecular flexibility index (Phi) is 4.85. The van der Waals surface area contributed by atoms with Crippen LogP contribution in [0, 0.1) is 6.92 Å². The van der Waals surface area contributed by atoms with Crippen LogP contribution in [0.25, 0.3) is 16.7 Å². The molecule has 2 nitrogen and oxygen atoms in total. The summed E-state index contributed by atoms with van der Waals surface area (Å²) in [5.41, 5.74) is 9.33. The van der Waals surface area contributed by atoms with Crippen LogP contribution in [0.3, 0.4) is 0 Å². The van der Waals surface area contributed by atoms with E-state index in [4.69, 9.17) is 4.98 Å². The first-order valence-electron chi connectivity index (χ1n) is 14.3. The lowest BCUT2D eigenvalue weighted by molar-refractivity contribution is 0.591. The molecule has 0 saturated heterocycles. The van der Waals surface area contributed by atoms with Gasteiger partial charge in [-0.1, -0.05) is 129 Å². The third-order valence-corrected chi connectivity index (χ3v) is 14.1. The van der Waals surface area contributed by atoms with Crippen LogP contribution in [-0.4, -0.2) is 24.3 Å². The zero-order valence-electron chi connectivity index (χ0n) is 23.4. The van der Waals surface area contributed by atoms with E-state index in [1.165, 1.54) is 53.9 Å². The highest BCUT2D eigenvalue weighted by molar-refractivity contribution is 7.26. The molecule has 2 aliphatic heterocycles. The van der Waals surface area contributed by atoms with Crippen molar-refractivity contribution in [3.05, 3.63) is 127 Å². The van der Waals surface area contributed by atoms with Gasteiger partial charge in [0.05, 0.1) is 11.0 Å². The minimum atomic E-state index is -2.62. The maximum absolute atomic E-state index is 5.16. The van der Waals surface area contributed by atoms with Crippen molar-refractivity contribution >= 4 is 63.0 Å². The lowest BCUT2D eigenvalue weighted by Gasteiger charge is -2.45. The van der Waals surface area contributed by atoms with Crippen LogP contribution in [-0.2, 0) is 5.41 Å². The Morgan fingerprint density at radius 3 is 1.98 bits per heavy atom. The SMILES string of the molecule is Cc1nc2cc(C(C)(C)C)cc3c2n1-c1cccc2c1B3c1ccccc1[Si]2(c1ccccc1)c1ccccc1. The van der Waals surface area contributed by atoms with Gasteiger partial charge >= 0.3 is 0 Å². The predicted octanol–water partition coefficient (Wildman–Crippen LogP) is 3.15. The van der Waals surface area contributed by atoms with E-state index in [9.17, 15) is 0 Å². The fourth-order valence-electron chi connectivity index (χ4n) is 7.56. The number of rotatable bonds is 2. The summed E-state index contributed by atoms with van der Waals surface area (Å²) in [6, 6.07) is 43.8. The van der Waals surface area contributed by atoms with Crippen molar-refractivity contribution < 1.29 is 0 Å². The topological polar surface area (TPSA) is 17.8 Å². The number of benzene rings is 5. The zero-order chi connectivity index (χ0) is 27.2. The average Bonchev–Trinajstić information content (AvgIpc) is 3.31. The molecule has 0 bridgehead atoms. The lowest BCUT2D eigenvalue weighted by atomic mass is 9.35. The number of nitrogens with zero attached hydrogens (tertiary/aromatic N) is 2. The van der Waals surface area contributed by atoms with Gasteiger partial charge in [0.2, 0.25) is 6.71 Å². The van der Waals surface area contributed by atoms with Crippen LogP contribution in [0.1, 0.15) is 32.2 Å². The minimum Gasteiger partial charge on any atom is -0.298 e. The molecule has 5 aromatic carbocycles. The molecule has 0 saturated carbocycles. The quantitative estimate of drug-likeness (QED) is 0.314. The molecule has 4 heteroatoms. The van der Waals surface area contributed by atoms with Gasteiger partial charge in [-0.05, 0) is 61.7 Å². The summed E-state index contributed by atoms with van der Waals surface area (Å²) in [7, 11) is -2.62. The van der Waals surface area contributed by atoms with E-state index in [1.54, 1.807) is 0 Å². The molecule has 40 heavy (non-hydrogen) atoms. The van der Waals surface area contributed by atoms with E-state index in [0.717, 1.165) is 11.3 Å². The molecule has 0 spiro atoms. The number of hydrogen-bond acceptors (Lipinski definition) is 1. The third-order valence-electron chi connectivity index (χ3n) is 9.23. The molecule has 0 amide bonds. The van der Waals surface area contributed by atoms with E-state index in [2.05, 4.69) is 148 Å². The molecular weight excluding hydrogens is 499 g/mol. The Hall–Kier alpha value is -4.15. The fourth-order valence-corrected chi connectivity index (χ4v) is 12.8. The van der Waals surface area contributed by atoms with Crippen LogP contribution < -0.4 is 37.1 Å². The molecule has 0 atom stereocenters. The molecule has 192 valence electrons. The number of aryl methyl sites for hydroxylation is 1. The highest BCUT2D eigenvalue weighted by Crippen LogP contribution is 2.30. The van der Waals surface area contributed by atoms with Gasteiger partial charge in [0.1, 0.15) is 5.82 Å².